The molecule has 0 fully saturated rings. The van der Waals surface area contributed by atoms with Gasteiger partial charge in [-0.15, -0.1) is 11.3 Å². The molecule has 0 saturated heterocycles. The summed E-state index contributed by atoms with van der Waals surface area (Å²) in [6.45, 7) is 4.16. The highest BCUT2D eigenvalue weighted by atomic mass is 32.1. The number of rotatable bonds is 4. The lowest BCUT2D eigenvalue weighted by Crippen LogP contribution is -2.09. The van der Waals surface area contributed by atoms with E-state index in [1.807, 2.05) is 13.1 Å². The van der Waals surface area contributed by atoms with Gasteiger partial charge in [-0.2, -0.15) is 0 Å². The quantitative estimate of drug-likeness (QED) is 0.869. The highest BCUT2D eigenvalue weighted by Crippen LogP contribution is 2.22. The number of anilines is 2. The molecule has 0 saturated carbocycles. The van der Waals surface area contributed by atoms with Crippen molar-refractivity contribution in [2.75, 3.05) is 11.1 Å². The SMILES string of the molecule is CCc1cnc(C(C)Nc2ncc(N)cn2)s1. The number of aryl methyl sites for hydroxylation is 1. The maximum Gasteiger partial charge on any atom is 0.223 e. The third-order valence-corrected chi connectivity index (χ3v) is 3.63. The van der Waals surface area contributed by atoms with E-state index in [9.17, 15) is 0 Å². The fraction of sp³-hybridized carbons (Fsp3) is 0.364. The van der Waals surface area contributed by atoms with E-state index >= 15 is 0 Å². The van der Waals surface area contributed by atoms with Gasteiger partial charge in [0.15, 0.2) is 0 Å². The van der Waals surface area contributed by atoms with Crippen molar-refractivity contribution in [1.82, 2.24) is 15.0 Å². The molecule has 0 aliphatic carbocycles. The third kappa shape index (κ3) is 2.91. The second kappa shape index (κ2) is 5.09. The molecule has 0 bridgehead atoms. The number of hydrogen-bond acceptors (Lipinski definition) is 6. The molecular weight excluding hydrogens is 234 g/mol. The number of nitrogens with one attached hydrogen (secondary N) is 1. The van der Waals surface area contributed by atoms with E-state index < -0.39 is 0 Å². The summed E-state index contributed by atoms with van der Waals surface area (Å²) in [6.07, 6.45) is 6.10. The summed E-state index contributed by atoms with van der Waals surface area (Å²) in [5.74, 6) is 0.569. The van der Waals surface area contributed by atoms with Gasteiger partial charge >= 0.3 is 0 Å². The van der Waals surface area contributed by atoms with Gasteiger partial charge in [0.2, 0.25) is 5.95 Å². The van der Waals surface area contributed by atoms with Crippen LogP contribution in [0.5, 0.6) is 0 Å². The van der Waals surface area contributed by atoms with Crippen LogP contribution >= 0.6 is 11.3 Å². The van der Waals surface area contributed by atoms with Crippen molar-refractivity contribution in [3.63, 3.8) is 0 Å². The zero-order chi connectivity index (χ0) is 12.3. The topological polar surface area (TPSA) is 76.7 Å². The van der Waals surface area contributed by atoms with Crippen molar-refractivity contribution in [3.8, 4) is 0 Å². The van der Waals surface area contributed by atoms with Crippen LogP contribution in [0.25, 0.3) is 0 Å². The fourth-order valence-corrected chi connectivity index (χ4v) is 2.21. The number of nitrogen functional groups attached to an aromatic ring is 1. The first kappa shape index (κ1) is 11.8. The molecule has 90 valence electrons. The monoisotopic (exact) mass is 249 g/mol. The summed E-state index contributed by atoms with van der Waals surface area (Å²) in [5.41, 5.74) is 6.09. The molecule has 2 heterocycles. The Kier molecular flexibility index (Phi) is 3.53. The molecule has 1 unspecified atom stereocenters. The molecule has 0 aliphatic heterocycles. The van der Waals surface area contributed by atoms with Crippen LogP contribution < -0.4 is 11.1 Å². The van der Waals surface area contributed by atoms with Crippen LogP contribution in [-0.4, -0.2) is 15.0 Å². The van der Waals surface area contributed by atoms with E-state index in [0.29, 0.717) is 11.6 Å². The summed E-state index contributed by atoms with van der Waals surface area (Å²) in [4.78, 5) is 13.9. The molecule has 0 aromatic carbocycles. The average Bonchev–Trinajstić information content (AvgIpc) is 2.81. The smallest absolute Gasteiger partial charge is 0.223 e. The van der Waals surface area contributed by atoms with Gasteiger partial charge in [0.25, 0.3) is 0 Å². The van der Waals surface area contributed by atoms with E-state index in [-0.39, 0.29) is 6.04 Å². The Morgan fingerprint density at radius 1 is 1.29 bits per heavy atom. The first-order valence-corrected chi connectivity index (χ1v) is 6.29. The highest BCUT2D eigenvalue weighted by molar-refractivity contribution is 7.11. The van der Waals surface area contributed by atoms with Crippen molar-refractivity contribution in [2.24, 2.45) is 0 Å². The number of thiazole rings is 1. The largest absolute Gasteiger partial charge is 0.396 e. The van der Waals surface area contributed by atoms with Crippen LogP contribution in [0.3, 0.4) is 0 Å². The summed E-state index contributed by atoms with van der Waals surface area (Å²) >= 11 is 1.71. The molecule has 0 amide bonds. The number of nitrogens with zero attached hydrogens (tertiary/aromatic N) is 3. The van der Waals surface area contributed by atoms with Gasteiger partial charge in [-0.05, 0) is 13.3 Å². The molecule has 2 aromatic heterocycles. The van der Waals surface area contributed by atoms with Crippen molar-refractivity contribution in [2.45, 2.75) is 26.3 Å². The van der Waals surface area contributed by atoms with Crippen LogP contribution in [0.1, 0.15) is 29.8 Å². The molecule has 3 N–H and O–H groups in total. The van der Waals surface area contributed by atoms with E-state index in [2.05, 4.69) is 27.2 Å². The Morgan fingerprint density at radius 2 is 2.00 bits per heavy atom. The van der Waals surface area contributed by atoms with Crippen LogP contribution in [0, 0.1) is 0 Å². The Balaban J connectivity index is 2.05. The van der Waals surface area contributed by atoms with Gasteiger partial charge in [-0.1, -0.05) is 6.92 Å². The molecule has 2 rings (SSSR count). The molecule has 6 heteroatoms. The minimum atomic E-state index is 0.101. The van der Waals surface area contributed by atoms with Gasteiger partial charge in [-0.25, -0.2) is 15.0 Å². The molecule has 0 aliphatic rings. The summed E-state index contributed by atoms with van der Waals surface area (Å²) < 4.78 is 0. The maximum atomic E-state index is 5.53. The molecule has 1 atom stereocenters. The highest BCUT2D eigenvalue weighted by Gasteiger charge is 2.10. The minimum absolute atomic E-state index is 0.101. The lowest BCUT2D eigenvalue weighted by Gasteiger charge is -2.10. The van der Waals surface area contributed by atoms with Crippen LogP contribution in [-0.2, 0) is 6.42 Å². The average molecular weight is 249 g/mol. The van der Waals surface area contributed by atoms with Gasteiger partial charge in [0, 0.05) is 11.1 Å². The van der Waals surface area contributed by atoms with Crippen molar-refractivity contribution >= 4 is 23.0 Å². The first-order chi connectivity index (χ1) is 8.19. The zero-order valence-corrected chi connectivity index (χ0v) is 10.7. The predicted molar refractivity (Wildman–Crippen MR) is 70.0 cm³/mol. The normalized spacial score (nSPS) is 12.4. The summed E-state index contributed by atoms with van der Waals surface area (Å²) in [6, 6.07) is 0.101. The summed E-state index contributed by atoms with van der Waals surface area (Å²) in [5, 5.41) is 4.24. The third-order valence-electron chi connectivity index (χ3n) is 2.31. The first-order valence-electron chi connectivity index (χ1n) is 5.47. The van der Waals surface area contributed by atoms with E-state index in [0.717, 1.165) is 11.4 Å². The second-order valence-electron chi connectivity index (χ2n) is 3.72. The van der Waals surface area contributed by atoms with Crippen LogP contribution in [0.15, 0.2) is 18.6 Å². The Morgan fingerprint density at radius 3 is 2.59 bits per heavy atom. The van der Waals surface area contributed by atoms with Gasteiger partial charge in [-0.3, -0.25) is 0 Å². The number of aromatic nitrogens is 3. The fourth-order valence-electron chi connectivity index (χ4n) is 1.35. The van der Waals surface area contributed by atoms with Crippen molar-refractivity contribution in [3.05, 3.63) is 28.5 Å². The molecular formula is C11H15N5S. The second-order valence-corrected chi connectivity index (χ2v) is 4.87. The number of nitrogens with two attached hydrogens (primary N) is 1. The lowest BCUT2D eigenvalue weighted by molar-refractivity contribution is 0.848. The molecule has 2 aromatic rings. The number of hydrogen-bond donors (Lipinski definition) is 2. The summed E-state index contributed by atoms with van der Waals surface area (Å²) in [7, 11) is 0. The minimum Gasteiger partial charge on any atom is -0.396 e. The van der Waals surface area contributed by atoms with Crippen LogP contribution in [0.4, 0.5) is 11.6 Å². The Bertz CT molecular complexity index is 479. The molecule has 5 nitrogen and oxygen atoms in total. The Labute approximate surface area is 104 Å². The van der Waals surface area contributed by atoms with Gasteiger partial charge in [0.05, 0.1) is 24.1 Å². The molecule has 0 radical (unpaired) electrons. The zero-order valence-electron chi connectivity index (χ0n) is 9.84. The van der Waals surface area contributed by atoms with E-state index in [1.165, 1.54) is 4.88 Å². The molecule has 17 heavy (non-hydrogen) atoms. The maximum absolute atomic E-state index is 5.53. The Hall–Kier alpha value is -1.69. The van der Waals surface area contributed by atoms with Crippen molar-refractivity contribution < 1.29 is 0 Å². The van der Waals surface area contributed by atoms with E-state index in [4.69, 9.17) is 5.73 Å². The van der Waals surface area contributed by atoms with Crippen molar-refractivity contribution in [1.29, 1.82) is 0 Å². The van der Waals surface area contributed by atoms with Gasteiger partial charge in [0.1, 0.15) is 5.01 Å². The lowest BCUT2D eigenvalue weighted by atomic mass is 10.3. The van der Waals surface area contributed by atoms with Gasteiger partial charge < -0.3 is 11.1 Å². The van der Waals surface area contributed by atoms with Crippen LogP contribution in [0.2, 0.25) is 0 Å². The van der Waals surface area contributed by atoms with E-state index in [1.54, 1.807) is 23.7 Å². The predicted octanol–water partition coefficient (Wildman–Crippen LogP) is 2.25. The molecule has 0 spiro atoms. The standard InChI is InChI=1S/C11H15N5S/c1-3-9-6-13-10(17-9)7(2)16-11-14-4-8(12)5-15-11/h4-7H,3,12H2,1-2H3,(H,14,15,16).